The fourth-order valence-electron chi connectivity index (χ4n) is 1.73. The minimum atomic E-state index is -2.48. The van der Waals surface area contributed by atoms with Crippen molar-refractivity contribution in [2.24, 2.45) is 0 Å². The Balaban J connectivity index is 5.04. The first-order valence-electron chi connectivity index (χ1n) is 6.58. The summed E-state index contributed by atoms with van der Waals surface area (Å²) in [6.07, 6.45) is 0. The van der Waals surface area contributed by atoms with Gasteiger partial charge in [0.2, 0.25) is 5.91 Å². The van der Waals surface area contributed by atoms with E-state index < -0.39 is 25.2 Å². The van der Waals surface area contributed by atoms with Crippen LogP contribution in [0.1, 0.15) is 6.92 Å². The van der Waals surface area contributed by atoms with Crippen molar-refractivity contribution in [1.82, 2.24) is 5.32 Å². The van der Waals surface area contributed by atoms with Crippen LogP contribution in [0, 0.1) is 0 Å². The maximum absolute atomic E-state index is 11.0. The van der Waals surface area contributed by atoms with Crippen LogP contribution in [0.4, 0.5) is 0 Å². The normalized spacial score (nSPS) is 13.3. The van der Waals surface area contributed by atoms with Crippen LogP contribution in [0.15, 0.2) is 11.8 Å². The summed E-state index contributed by atoms with van der Waals surface area (Å²) in [5.74, 6) is -0.0569. The molecule has 0 aliphatic heterocycles. The van der Waals surface area contributed by atoms with Crippen LogP contribution in [0.25, 0.3) is 0 Å². The van der Waals surface area contributed by atoms with E-state index in [1.54, 1.807) is 0 Å². The maximum atomic E-state index is 11.0. The van der Waals surface area contributed by atoms with E-state index in [-0.39, 0.29) is 5.91 Å². The number of hydrogen-bond donors (Lipinski definition) is 1. The molecule has 1 amide bonds. The molecule has 19 heavy (non-hydrogen) atoms. The molecule has 0 saturated heterocycles. The predicted octanol–water partition coefficient (Wildman–Crippen LogP) is 2.99. The summed E-state index contributed by atoms with van der Waals surface area (Å²) < 4.78 is 12.7. The Morgan fingerprint density at radius 2 is 1.37 bits per heavy atom. The van der Waals surface area contributed by atoms with E-state index in [1.807, 2.05) is 6.55 Å². The first-order valence-corrected chi connectivity index (χ1v) is 15.7. The van der Waals surface area contributed by atoms with E-state index in [0.717, 1.165) is 5.20 Å². The van der Waals surface area contributed by atoms with Crippen molar-refractivity contribution >= 4 is 31.1 Å². The van der Waals surface area contributed by atoms with Crippen molar-refractivity contribution in [1.29, 1.82) is 0 Å². The molecule has 4 nitrogen and oxygen atoms in total. The van der Waals surface area contributed by atoms with Crippen LogP contribution in [0.3, 0.4) is 0 Å². The van der Waals surface area contributed by atoms with E-state index >= 15 is 0 Å². The molecule has 0 aromatic carbocycles. The zero-order chi connectivity index (χ0) is 15.5. The van der Waals surface area contributed by atoms with Gasteiger partial charge in [0.15, 0.2) is 16.6 Å². The van der Waals surface area contributed by atoms with E-state index in [0.29, 0.717) is 6.54 Å². The summed E-state index contributed by atoms with van der Waals surface area (Å²) in [6, 6.07) is 0. The third-order valence-electron chi connectivity index (χ3n) is 2.19. The third kappa shape index (κ3) is 8.53. The van der Waals surface area contributed by atoms with Crippen molar-refractivity contribution in [2.75, 3.05) is 6.54 Å². The summed E-state index contributed by atoms with van der Waals surface area (Å²) in [4.78, 5) is 11.0. The van der Waals surface area contributed by atoms with Gasteiger partial charge in [0, 0.05) is 13.5 Å². The second-order valence-corrected chi connectivity index (χ2v) is 19.6. The van der Waals surface area contributed by atoms with Gasteiger partial charge in [-0.2, -0.15) is 0 Å². The Morgan fingerprint density at radius 1 is 1.00 bits per heavy atom. The highest BCUT2D eigenvalue weighted by Crippen LogP contribution is 2.25. The van der Waals surface area contributed by atoms with Gasteiger partial charge in [0.25, 0.3) is 0 Å². The van der Waals surface area contributed by atoms with E-state index in [1.165, 1.54) is 6.92 Å². The summed E-state index contributed by atoms with van der Waals surface area (Å²) in [7, 11) is -5.93. The van der Waals surface area contributed by atoms with Gasteiger partial charge in [0.05, 0.1) is 0 Å². The molecule has 0 rings (SSSR count). The molecule has 112 valence electrons. The van der Waals surface area contributed by atoms with Crippen LogP contribution in [0.2, 0.25) is 45.8 Å². The highest BCUT2D eigenvalue weighted by molar-refractivity contribution is 6.91. The van der Waals surface area contributed by atoms with E-state index in [2.05, 4.69) is 51.2 Å². The van der Waals surface area contributed by atoms with Crippen molar-refractivity contribution in [2.45, 2.75) is 52.8 Å². The molecule has 0 atom stereocenters. The van der Waals surface area contributed by atoms with Gasteiger partial charge in [0.1, 0.15) is 0 Å². The zero-order valence-corrected chi connectivity index (χ0v) is 16.6. The molecule has 0 spiro atoms. The predicted molar refractivity (Wildman–Crippen MR) is 88.3 cm³/mol. The summed E-state index contributed by atoms with van der Waals surface area (Å²) in [5, 5.41) is 3.69. The Bertz CT molecular complexity index is 329. The SMILES string of the molecule is C=C(CNC(C)=O)[Si](C)(O[Si](C)(C)C)O[Si](C)(C)C. The maximum Gasteiger partial charge on any atom is 0.345 e. The van der Waals surface area contributed by atoms with E-state index in [4.69, 9.17) is 8.23 Å². The van der Waals surface area contributed by atoms with Gasteiger partial charge in [-0.05, 0) is 51.0 Å². The Hall–Kier alpha value is -0.219. The lowest BCUT2D eigenvalue weighted by Gasteiger charge is -2.39. The largest absolute Gasteiger partial charge is 0.434 e. The summed E-state index contributed by atoms with van der Waals surface area (Å²) in [5.41, 5.74) is 0. The number of amides is 1. The topological polar surface area (TPSA) is 47.6 Å². The number of nitrogens with one attached hydrogen (secondary N) is 1. The molecular weight excluding hydrogens is 290 g/mol. The van der Waals surface area contributed by atoms with Crippen LogP contribution in [0.5, 0.6) is 0 Å². The summed E-state index contributed by atoms with van der Waals surface area (Å²) >= 11 is 0. The van der Waals surface area contributed by atoms with E-state index in [9.17, 15) is 4.79 Å². The standard InChI is InChI=1S/C12H29NO3Si3/c1-11(10-13-12(2)14)19(9,15-17(3,4)5)16-18(6,7)8/h1,10H2,2-9H3,(H,13,14). The molecular formula is C12H29NO3Si3. The molecule has 0 aromatic heterocycles. The molecule has 0 unspecified atom stereocenters. The first-order chi connectivity index (χ1) is 8.25. The molecule has 0 heterocycles. The average molecular weight is 320 g/mol. The number of carbonyl (C=O) groups excluding carboxylic acids is 1. The number of hydrogen-bond acceptors (Lipinski definition) is 3. The molecule has 1 N–H and O–H groups in total. The van der Waals surface area contributed by atoms with Crippen LogP contribution in [-0.2, 0) is 13.0 Å². The second kappa shape index (κ2) is 6.49. The Labute approximate surface area is 121 Å². The lowest BCUT2D eigenvalue weighted by Crippen LogP contribution is -2.55. The fraction of sp³-hybridized carbons (Fsp3) is 0.750. The average Bonchev–Trinajstić information content (AvgIpc) is 2.07. The Kier molecular flexibility index (Phi) is 6.41. The van der Waals surface area contributed by atoms with Crippen molar-refractivity contribution < 1.29 is 13.0 Å². The van der Waals surface area contributed by atoms with Gasteiger partial charge in [-0.1, -0.05) is 6.58 Å². The molecule has 0 radical (unpaired) electrons. The second-order valence-electron chi connectivity index (χ2n) is 6.89. The van der Waals surface area contributed by atoms with Crippen LogP contribution >= 0.6 is 0 Å². The monoisotopic (exact) mass is 319 g/mol. The highest BCUT2D eigenvalue weighted by atomic mass is 28.5. The lowest BCUT2D eigenvalue weighted by atomic mass is 10.6. The van der Waals surface area contributed by atoms with Gasteiger partial charge in [-0.25, -0.2) is 0 Å². The fourth-order valence-corrected chi connectivity index (χ4v) is 13.2. The molecule has 7 heteroatoms. The Morgan fingerprint density at radius 3 is 1.63 bits per heavy atom. The molecule has 0 bridgehead atoms. The number of carbonyl (C=O) groups is 1. The van der Waals surface area contributed by atoms with Gasteiger partial charge in [-0.15, -0.1) is 0 Å². The van der Waals surface area contributed by atoms with Crippen LogP contribution in [-0.4, -0.2) is 37.6 Å². The molecule has 0 aliphatic rings. The lowest BCUT2D eigenvalue weighted by molar-refractivity contribution is -0.118. The highest BCUT2D eigenvalue weighted by Gasteiger charge is 2.42. The molecule has 0 aromatic rings. The summed E-state index contributed by atoms with van der Waals surface area (Å²) in [6.45, 7) is 21.0. The van der Waals surface area contributed by atoms with Crippen LogP contribution < -0.4 is 5.32 Å². The van der Waals surface area contributed by atoms with Crippen molar-refractivity contribution in [3.63, 3.8) is 0 Å². The molecule has 0 saturated carbocycles. The van der Waals surface area contributed by atoms with Gasteiger partial charge >= 0.3 is 8.56 Å². The quantitative estimate of drug-likeness (QED) is 0.734. The minimum Gasteiger partial charge on any atom is -0.434 e. The molecule has 0 aliphatic carbocycles. The van der Waals surface area contributed by atoms with Gasteiger partial charge < -0.3 is 13.5 Å². The minimum absolute atomic E-state index is 0.0569. The van der Waals surface area contributed by atoms with Crippen molar-refractivity contribution in [3.8, 4) is 0 Å². The van der Waals surface area contributed by atoms with Gasteiger partial charge in [-0.3, -0.25) is 4.79 Å². The smallest absolute Gasteiger partial charge is 0.345 e. The first kappa shape index (κ1) is 18.8. The zero-order valence-electron chi connectivity index (χ0n) is 13.6. The number of rotatable bonds is 7. The molecule has 0 fully saturated rings. The van der Waals surface area contributed by atoms with Crippen molar-refractivity contribution in [3.05, 3.63) is 11.8 Å². The third-order valence-corrected chi connectivity index (χ3v) is 11.7.